The van der Waals surface area contributed by atoms with Crippen LogP contribution in [0.2, 0.25) is 0 Å². The van der Waals surface area contributed by atoms with E-state index in [2.05, 4.69) is 13.8 Å². The van der Waals surface area contributed by atoms with Crippen molar-refractivity contribution in [2.45, 2.75) is 26.7 Å². The van der Waals surface area contributed by atoms with E-state index in [9.17, 15) is 5.11 Å². The van der Waals surface area contributed by atoms with Gasteiger partial charge in [-0.25, -0.2) is 0 Å². The molecule has 1 atom stereocenters. The lowest BCUT2D eigenvalue weighted by atomic mass is 9.89. The summed E-state index contributed by atoms with van der Waals surface area (Å²) in [7, 11) is 1.63. The second-order valence-corrected chi connectivity index (χ2v) is 4.38. The number of hydrogen-bond acceptors (Lipinski definition) is 3. The molecule has 0 aliphatic carbocycles. The van der Waals surface area contributed by atoms with Gasteiger partial charge in [0.1, 0.15) is 0 Å². The van der Waals surface area contributed by atoms with E-state index in [0.717, 1.165) is 17.1 Å². The summed E-state index contributed by atoms with van der Waals surface area (Å²) in [6, 6.07) is 5.84. The molecule has 3 heteroatoms. The predicted octanol–water partition coefficient (Wildman–Crippen LogP) is 2.83. The standard InChI is InChI=1S/C14H22O3/c1-5-17-14-8-11(6-7-13(14)16-4)12(9-15)10(2)3/h6-8,10,12,15H,5,9H2,1-4H3. The van der Waals surface area contributed by atoms with E-state index in [1.165, 1.54) is 0 Å². The third-order valence-electron chi connectivity index (χ3n) is 2.92. The van der Waals surface area contributed by atoms with Crippen LogP contribution in [0.15, 0.2) is 18.2 Å². The molecule has 0 amide bonds. The Morgan fingerprint density at radius 2 is 1.94 bits per heavy atom. The third kappa shape index (κ3) is 3.37. The molecule has 1 aromatic carbocycles. The quantitative estimate of drug-likeness (QED) is 0.828. The fourth-order valence-electron chi connectivity index (χ4n) is 1.89. The molecule has 0 spiro atoms. The number of aliphatic hydroxyl groups is 1. The van der Waals surface area contributed by atoms with Gasteiger partial charge in [-0.05, 0) is 30.5 Å². The number of hydrogen-bond donors (Lipinski definition) is 1. The summed E-state index contributed by atoms with van der Waals surface area (Å²) in [4.78, 5) is 0. The van der Waals surface area contributed by atoms with Crippen LogP contribution in [0.25, 0.3) is 0 Å². The first-order valence-corrected chi connectivity index (χ1v) is 6.05. The number of methoxy groups -OCH3 is 1. The molecule has 1 N–H and O–H groups in total. The van der Waals surface area contributed by atoms with Gasteiger partial charge in [-0.2, -0.15) is 0 Å². The van der Waals surface area contributed by atoms with Gasteiger partial charge in [0.2, 0.25) is 0 Å². The van der Waals surface area contributed by atoms with Crippen molar-refractivity contribution in [1.82, 2.24) is 0 Å². The Bertz CT molecular complexity index is 347. The van der Waals surface area contributed by atoms with Crippen LogP contribution in [-0.2, 0) is 0 Å². The molecule has 0 saturated heterocycles. The van der Waals surface area contributed by atoms with Gasteiger partial charge in [0.15, 0.2) is 11.5 Å². The Labute approximate surface area is 103 Å². The van der Waals surface area contributed by atoms with E-state index in [-0.39, 0.29) is 12.5 Å². The number of benzene rings is 1. The normalized spacial score (nSPS) is 12.6. The first kappa shape index (κ1) is 13.8. The number of rotatable bonds is 6. The Morgan fingerprint density at radius 1 is 1.24 bits per heavy atom. The second-order valence-electron chi connectivity index (χ2n) is 4.38. The van der Waals surface area contributed by atoms with E-state index < -0.39 is 0 Å². The smallest absolute Gasteiger partial charge is 0.161 e. The van der Waals surface area contributed by atoms with E-state index in [1.54, 1.807) is 7.11 Å². The monoisotopic (exact) mass is 238 g/mol. The molecule has 0 aliphatic heterocycles. The highest BCUT2D eigenvalue weighted by Gasteiger charge is 2.16. The molecule has 3 nitrogen and oxygen atoms in total. The van der Waals surface area contributed by atoms with Crippen molar-refractivity contribution in [2.24, 2.45) is 5.92 Å². The second kappa shape index (κ2) is 6.50. The zero-order valence-electron chi connectivity index (χ0n) is 11.1. The Balaban J connectivity index is 3.05. The van der Waals surface area contributed by atoms with Gasteiger partial charge >= 0.3 is 0 Å². The SMILES string of the molecule is CCOc1cc(C(CO)C(C)C)ccc1OC. The zero-order chi connectivity index (χ0) is 12.8. The van der Waals surface area contributed by atoms with Crippen LogP contribution in [0.1, 0.15) is 32.3 Å². The predicted molar refractivity (Wildman–Crippen MR) is 68.8 cm³/mol. The van der Waals surface area contributed by atoms with Gasteiger partial charge in [-0.15, -0.1) is 0 Å². The molecule has 0 heterocycles. The van der Waals surface area contributed by atoms with Crippen molar-refractivity contribution >= 4 is 0 Å². The summed E-state index contributed by atoms with van der Waals surface area (Å²) in [5.41, 5.74) is 1.09. The van der Waals surface area contributed by atoms with Gasteiger partial charge in [0.25, 0.3) is 0 Å². The van der Waals surface area contributed by atoms with Gasteiger partial charge in [-0.1, -0.05) is 19.9 Å². The van der Waals surface area contributed by atoms with Crippen LogP contribution in [0.5, 0.6) is 11.5 Å². The average Bonchev–Trinajstić information content (AvgIpc) is 2.30. The summed E-state index contributed by atoms with van der Waals surface area (Å²) in [5.74, 6) is 2.01. The van der Waals surface area contributed by atoms with Crippen LogP contribution >= 0.6 is 0 Å². The minimum absolute atomic E-state index is 0.139. The van der Waals surface area contributed by atoms with Crippen LogP contribution in [0.4, 0.5) is 0 Å². The molecular formula is C14H22O3. The van der Waals surface area contributed by atoms with Crippen LogP contribution in [-0.4, -0.2) is 25.4 Å². The third-order valence-corrected chi connectivity index (χ3v) is 2.92. The minimum atomic E-state index is 0.139. The molecule has 1 rings (SSSR count). The van der Waals surface area contributed by atoms with Crippen molar-refractivity contribution in [3.05, 3.63) is 23.8 Å². The Morgan fingerprint density at radius 3 is 2.41 bits per heavy atom. The van der Waals surface area contributed by atoms with Crippen molar-refractivity contribution in [1.29, 1.82) is 0 Å². The highest BCUT2D eigenvalue weighted by atomic mass is 16.5. The lowest BCUT2D eigenvalue weighted by Gasteiger charge is -2.20. The Hall–Kier alpha value is -1.22. The van der Waals surface area contributed by atoms with E-state index in [4.69, 9.17) is 9.47 Å². The molecule has 1 aromatic rings. The lowest BCUT2D eigenvalue weighted by Crippen LogP contribution is -2.11. The molecule has 0 aliphatic rings. The molecular weight excluding hydrogens is 216 g/mol. The molecule has 0 radical (unpaired) electrons. The summed E-state index contributed by atoms with van der Waals surface area (Å²) >= 11 is 0. The average molecular weight is 238 g/mol. The molecule has 17 heavy (non-hydrogen) atoms. The molecule has 0 saturated carbocycles. The van der Waals surface area contributed by atoms with Gasteiger partial charge in [0, 0.05) is 5.92 Å². The molecule has 0 aromatic heterocycles. The maximum absolute atomic E-state index is 9.43. The topological polar surface area (TPSA) is 38.7 Å². The van der Waals surface area contributed by atoms with Crippen LogP contribution in [0, 0.1) is 5.92 Å². The van der Waals surface area contributed by atoms with Gasteiger partial charge in [-0.3, -0.25) is 0 Å². The minimum Gasteiger partial charge on any atom is -0.493 e. The van der Waals surface area contributed by atoms with Crippen molar-refractivity contribution < 1.29 is 14.6 Å². The largest absolute Gasteiger partial charge is 0.493 e. The van der Waals surface area contributed by atoms with Crippen LogP contribution < -0.4 is 9.47 Å². The highest BCUT2D eigenvalue weighted by Crippen LogP contribution is 2.33. The van der Waals surface area contributed by atoms with E-state index in [0.29, 0.717) is 12.5 Å². The molecule has 0 fully saturated rings. The first-order chi connectivity index (χ1) is 8.13. The number of ether oxygens (including phenoxy) is 2. The molecule has 96 valence electrons. The molecule has 1 unspecified atom stereocenters. The van der Waals surface area contributed by atoms with E-state index >= 15 is 0 Å². The highest BCUT2D eigenvalue weighted by molar-refractivity contribution is 5.44. The van der Waals surface area contributed by atoms with Gasteiger partial charge < -0.3 is 14.6 Å². The maximum atomic E-state index is 9.43. The summed E-state index contributed by atoms with van der Waals surface area (Å²) in [6.45, 7) is 6.90. The van der Waals surface area contributed by atoms with Gasteiger partial charge in [0.05, 0.1) is 20.3 Å². The number of aliphatic hydroxyl groups excluding tert-OH is 1. The fourth-order valence-corrected chi connectivity index (χ4v) is 1.89. The van der Waals surface area contributed by atoms with Crippen molar-refractivity contribution in [3.8, 4) is 11.5 Å². The van der Waals surface area contributed by atoms with Crippen LogP contribution in [0.3, 0.4) is 0 Å². The van der Waals surface area contributed by atoms with E-state index in [1.807, 2.05) is 25.1 Å². The Kier molecular flexibility index (Phi) is 5.29. The molecule has 0 bridgehead atoms. The lowest BCUT2D eigenvalue weighted by molar-refractivity contribution is 0.236. The summed E-state index contributed by atoms with van der Waals surface area (Å²) in [6.07, 6.45) is 0. The van der Waals surface area contributed by atoms with Crippen molar-refractivity contribution in [2.75, 3.05) is 20.3 Å². The van der Waals surface area contributed by atoms with Crippen molar-refractivity contribution in [3.63, 3.8) is 0 Å². The summed E-state index contributed by atoms with van der Waals surface area (Å²) < 4.78 is 10.8. The maximum Gasteiger partial charge on any atom is 0.161 e. The fraction of sp³-hybridized carbons (Fsp3) is 0.571. The first-order valence-electron chi connectivity index (χ1n) is 6.05. The summed E-state index contributed by atoms with van der Waals surface area (Å²) in [5, 5.41) is 9.43. The zero-order valence-corrected chi connectivity index (χ0v) is 11.1.